The van der Waals surface area contributed by atoms with Crippen LogP contribution in [0.2, 0.25) is 0 Å². The van der Waals surface area contributed by atoms with Crippen LogP contribution in [0.1, 0.15) is 26.7 Å². The molecule has 1 heterocycles. The number of allylic oxidation sites excluding steroid dienone is 2. The SMILES string of the molecule is CCOc1nc(N)nc(OCC2CC=CCC2C)n1. The van der Waals surface area contributed by atoms with Crippen LogP contribution >= 0.6 is 0 Å². The zero-order chi connectivity index (χ0) is 13.7. The first-order valence-corrected chi connectivity index (χ1v) is 6.61. The highest BCUT2D eigenvalue weighted by Gasteiger charge is 2.19. The van der Waals surface area contributed by atoms with E-state index in [1.165, 1.54) is 0 Å². The monoisotopic (exact) mass is 264 g/mol. The predicted molar refractivity (Wildman–Crippen MR) is 71.9 cm³/mol. The third-order valence-electron chi connectivity index (χ3n) is 3.23. The zero-order valence-corrected chi connectivity index (χ0v) is 11.4. The van der Waals surface area contributed by atoms with E-state index in [0.717, 1.165) is 12.8 Å². The van der Waals surface area contributed by atoms with Gasteiger partial charge in [-0.3, -0.25) is 0 Å². The Bertz CT molecular complexity index is 450. The molecule has 2 N–H and O–H groups in total. The fraction of sp³-hybridized carbons (Fsp3) is 0.615. The summed E-state index contributed by atoms with van der Waals surface area (Å²) in [5.74, 6) is 1.21. The van der Waals surface area contributed by atoms with Crippen molar-refractivity contribution in [2.75, 3.05) is 18.9 Å². The highest BCUT2D eigenvalue weighted by Crippen LogP contribution is 2.25. The van der Waals surface area contributed by atoms with Gasteiger partial charge in [0.15, 0.2) is 0 Å². The summed E-state index contributed by atoms with van der Waals surface area (Å²) in [5.41, 5.74) is 5.59. The normalized spacial score (nSPS) is 22.2. The van der Waals surface area contributed by atoms with Gasteiger partial charge in [-0.15, -0.1) is 4.98 Å². The van der Waals surface area contributed by atoms with Crippen LogP contribution in [0.4, 0.5) is 5.95 Å². The van der Waals surface area contributed by atoms with Crippen LogP contribution in [0.5, 0.6) is 12.0 Å². The molecule has 6 heteroatoms. The van der Waals surface area contributed by atoms with Crippen LogP contribution < -0.4 is 15.2 Å². The van der Waals surface area contributed by atoms with E-state index in [4.69, 9.17) is 15.2 Å². The number of nitrogen functional groups attached to an aromatic ring is 1. The van der Waals surface area contributed by atoms with Crippen molar-refractivity contribution >= 4 is 5.95 Å². The molecule has 1 aromatic heterocycles. The first-order chi connectivity index (χ1) is 9.19. The Labute approximate surface area is 113 Å². The average Bonchev–Trinajstić information content (AvgIpc) is 2.37. The lowest BCUT2D eigenvalue weighted by atomic mass is 9.85. The van der Waals surface area contributed by atoms with E-state index in [-0.39, 0.29) is 18.0 Å². The summed E-state index contributed by atoms with van der Waals surface area (Å²) >= 11 is 0. The molecule has 104 valence electrons. The van der Waals surface area contributed by atoms with Gasteiger partial charge in [0.2, 0.25) is 5.95 Å². The Morgan fingerprint density at radius 3 is 2.53 bits per heavy atom. The molecule has 2 atom stereocenters. The molecule has 1 aliphatic carbocycles. The van der Waals surface area contributed by atoms with Gasteiger partial charge >= 0.3 is 12.0 Å². The van der Waals surface area contributed by atoms with Gasteiger partial charge in [-0.25, -0.2) is 0 Å². The van der Waals surface area contributed by atoms with Crippen LogP contribution in [-0.4, -0.2) is 28.2 Å². The Kier molecular flexibility index (Phi) is 4.54. The van der Waals surface area contributed by atoms with E-state index < -0.39 is 0 Å². The number of hydrogen-bond acceptors (Lipinski definition) is 6. The summed E-state index contributed by atoms with van der Waals surface area (Å²) in [6.07, 6.45) is 6.54. The van der Waals surface area contributed by atoms with Gasteiger partial charge in [0, 0.05) is 0 Å². The lowest BCUT2D eigenvalue weighted by Gasteiger charge is -2.24. The Hall–Kier alpha value is -1.85. The van der Waals surface area contributed by atoms with Gasteiger partial charge < -0.3 is 15.2 Å². The van der Waals surface area contributed by atoms with Gasteiger partial charge in [-0.1, -0.05) is 19.1 Å². The van der Waals surface area contributed by atoms with Crippen LogP contribution in [-0.2, 0) is 0 Å². The Morgan fingerprint density at radius 1 is 1.16 bits per heavy atom. The summed E-state index contributed by atoms with van der Waals surface area (Å²) in [7, 11) is 0. The molecule has 0 saturated heterocycles. The van der Waals surface area contributed by atoms with Gasteiger partial charge in [0.05, 0.1) is 13.2 Å². The predicted octanol–water partition coefficient (Wildman–Crippen LogP) is 1.83. The fourth-order valence-corrected chi connectivity index (χ4v) is 2.03. The molecule has 1 aliphatic rings. The zero-order valence-electron chi connectivity index (χ0n) is 11.4. The highest BCUT2D eigenvalue weighted by atomic mass is 16.5. The van der Waals surface area contributed by atoms with Crippen LogP contribution in [0, 0.1) is 11.8 Å². The number of nitrogens with zero attached hydrogens (tertiary/aromatic N) is 3. The number of ether oxygens (including phenoxy) is 2. The lowest BCUT2D eigenvalue weighted by Crippen LogP contribution is -2.22. The van der Waals surface area contributed by atoms with E-state index in [2.05, 4.69) is 34.0 Å². The largest absolute Gasteiger partial charge is 0.464 e. The minimum atomic E-state index is 0.116. The minimum absolute atomic E-state index is 0.116. The molecule has 1 aromatic rings. The number of anilines is 1. The second kappa shape index (κ2) is 6.36. The van der Waals surface area contributed by atoms with Crippen LogP contribution in [0.3, 0.4) is 0 Å². The maximum Gasteiger partial charge on any atom is 0.324 e. The van der Waals surface area contributed by atoms with Crippen LogP contribution in [0.15, 0.2) is 12.2 Å². The first kappa shape index (κ1) is 13.6. The molecule has 0 aliphatic heterocycles. The number of nitrogens with two attached hydrogens (primary N) is 1. The average molecular weight is 264 g/mol. The Balaban J connectivity index is 1.96. The van der Waals surface area contributed by atoms with Crippen molar-refractivity contribution in [3.05, 3.63) is 12.2 Å². The fourth-order valence-electron chi connectivity index (χ4n) is 2.03. The minimum Gasteiger partial charge on any atom is -0.464 e. The molecular weight excluding hydrogens is 244 g/mol. The summed E-state index contributed by atoms with van der Waals surface area (Å²) in [5, 5.41) is 0. The molecule has 0 spiro atoms. The third kappa shape index (κ3) is 3.81. The smallest absolute Gasteiger partial charge is 0.324 e. The molecule has 2 rings (SSSR count). The van der Waals surface area contributed by atoms with E-state index in [0.29, 0.717) is 25.0 Å². The molecule has 0 radical (unpaired) electrons. The molecule has 0 bridgehead atoms. The van der Waals surface area contributed by atoms with Gasteiger partial charge in [0.1, 0.15) is 0 Å². The second-order valence-corrected chi connectivity index (χ2v) is 4.68. The molecule has 0 fully saturated rings. The van der Waals surface area contributed by atoms with Crippen LogP contribution in [0.25, 0.3) is 0 Å². The maximum atomic E-state index is 5.63. The van der Waals surface area contributed by atoms with E-state index in [1.807, 2.05) is 6.92 Å². The number of hydrogen-bond donors (Lipinski definition) is 1. The maximum absolute atomic E-state index is 5.63. The second-order valence-electron chi connectivity index (χ2n) is 4.68. The van der Waals surface area contributed by atoms with E-state index >= 15 is 0 Å². The molecule has 0 saturated carbocycles. The summed E-state index contributed by atoms with van der Waals surface area (Å²) in [6.45, 7) is 5.15. The van der Waals surface area contributed by atoms with E-state index in [9.17, 15) is 0 Å². The van der Waals surface area contributed by atoms with Crippen molar-refractivity contribution in [3.63, 3.8) is 0 Å². The molecular formula is C13H20N4O2. The van der Waals surface area contributed by atoms with Gasteiger partial charge in [-0.05, 0) is 31.6 Å². The van der Waals surface area contributed by atoms with Crippen molar-refractivity contribution in [1.82, 2.24) is 15.0 Å². The highest BCUT2D eigenvalue weighted by molar-refractivity contribution is 5.20. The van der Waals surface area contributed by atoms with E-state index in [1.54, 1.807) is 0 Å². The summed E-state index contributed by atoms with van der Waals surface area (Å²) in [6, 6.07) is 0.444. The summed E-state index contributed by atoms with van der Waals surface area (Å²) < 4.78 is 10.8. The molecule has 19 heavy (non-hydrogen) atoms. The van der Waals surface area contributed by atoms with Gasteiger partial charge in [0.25, 0.3) is 0 Å². The van der Waals surface area contributed by atoms with Crippen molar-refractivity contribution in [3.8, 4) is 12.0 Å². The van der Waals surface area contributed by atoms with Crippen molar-refractivity contribution in [2.45, 2.75) is 26.7 Å². The topological polar surface area (TPSA) is 83.2 Å². The quantitative estimate of drug-likeness (QED) is 0.817. The summed E-state index contributed by atoms with van der Waals surface area (Å²) in [4.78, 5) is 11.9. The number of rotatable bonds is 5. The number of aromatic nitrogens is 3. The lowest BCUT2D eigenvalue weighted by molar-refractivity contribution is 0.183. The van der Waals surface area contributed by atoms with Gasteiger partial charge in [-0.2, -0.15) is 9.97 Å². The Morgan fingerprint density at radius 2 is 1.84 bits per heavy atom. The third-order valence-corrected chi connectivity index (χ3v) is 3.23. The van der Waals surface area contributed by atoms with Crippen molar-refractivity contribution in [2.24, 2.45) is 11.8 Å². The molecule has 0 amide bonds. The standard InChI is InChI=1S/C13H20N4O2/c1-3-18-12-15-11(14)16-13(17-12)19-8-10-7-5-4-6-9(10)2/h4-5,9-10H,3,6-8H2,1-2H3,(H2,14,15,16,17). The van der Waals surface area contributed by atoms with Crippen molar-refractivity contribution < 1.29 is 9.47 Å². The molecule has 6 nitrogen and oxygen atoms in total. The molecule has 2 unspecified atom stereocenters. The molecule has 0 aromatic carbocycles. The first-order valence-electron chi connectivity index (χ1n) is 6.61. The van der Waals surface area contributed by atoms with Crippen molar-refractivity contribution in [1.29, 1.82) is 0 Å².